The van der Waals surface area contributed by atoms with Gasteiger partial charge in [0.15, 0.2) is 5.76 Å². The van der Waals surface area contributed by atoms with Gasteiger partial charge in [0.25, 0.3) is 5.91 Å². The summed E-state index contributed by atoms with van der Waals surface area (Å²) in [5.74, 6) is -0.686. The maximum Gasteiger partial charge on any atom is 0.337 e. The first-order valence-corrected chi connectivity index (χ1v) is 15.0. The number of aliphatic hydroxyl groups excluding tert-OH is 1. The van der Waals surface area contributed by atoms with Gasteiger partial charge in [0, 0.05) is 31.1 Å². The van der Waals surface area contributed by atoms with E-state index in [2.05, 4.69) is 5.32 Å². The number of hydrogen-bond acceptors (Lipinski definition) is 9. The van der Waals surface area contributed by atoms with E-state index >= 15 is 0 Å². The lowest BCUT2D eigenvalue weighted by Crippen LogP contribution is -2.37. The van der Waals surface area contributed by atoms with Crippen LogP contribution in [-0.2, 0) is 29.0 Å². The second-order valence-electron chi connectivity index (χ2n) is 9.53. The fourth-order valence-electron chi connectivity index (χ4n) is 4.50. The van der Waals surface area contributed by atoms with Crippen molar-refractivity contribution in [3.8, 4) is 5.75 Å². The zero-order valence-electron chi connectivity index (χ0n) is 23.8. The van der Waals surface area contributed by atoms with Crippen molar-refractivity contribution in [2.24, 2.45) is 0 Å². The van der Waals surface area contributed by atoms with Crippen LogP contribution in [0.4, 0.5) is 5.69 Å². The van der Waals surface area contributed by atoms with Crippen LogP contribution < -0.4 is 10.1 Å². The Kier molecular flexibility index (Phi) is 10.9. The van der Waals surface area contributed by atoms with Gasteiger partial charge in [0.05, 0.1) is 37.9 Å². The summed E-state index contributed by atoms with van der Waals surface area (Å²) in [6.45, 7) is -0.654. The molecule has 228 valence electrons. The summed E-state index contributed by atoms with van der Waals surface area (Å²) in [5, 5.41) is 12.4. The molecule has 0 radical (unpaired) electrons. The summed E-state index contributed by atoms with van der Waals surface area (Å²) in [7, 11) is -1.14. The van der Waals surface area contributed by atoms with Crippen molar-refractivity contribution < 1.29 is 42.1 Å². The van der Waals surface area contributed by atoms with E-state index in [0.29, 0.717) is 23.4 Å². The van der Waals surface area contributed by atoms with Crippen molar-refractivity contribution in [2.45, 2.75) is 23.5 Å². The van der Waals surface area contributed by atoms with Crippen molar-refractivity contribution >= 4 is 27.6 Å². The van der Waals surface area contributed by atoms with Crippen LogP contribution in [0.25, 0.3) is 0 Å². The fourth-order valence-corrected chi connectivity index (χ4v) is 5.91. The number of carbonyl (C=O) groups is 2. The molecule has 0 fully saturated rings. The van der Waals surface area contributed by atoms with Crippen LogP contribution in [0.3, 0.4) is 0 Å². The quantitative estimate of drug-likeness (QED) is 0.278. The zero-order chi connectivity index (χ0) is 30.8. The number of nitrogens with one attached hydrogen (secondary N) is 1. The van der Waals surface area contributed by atoms with Gasteiger partial charge in [-0.2, -0.15) is 4.31 Å². The van der Waals surface area contributed by atoms with Gasteiger partial charge in [-0.15, -0.1) is 0 Å². The average molecular weight is 611 g/mol. The van der Waals surface area contributed by atoms with Crippen LogP contribution in [0.5, 0.6) is 5.75 Å². The molecule has 0 spiro atoms. The van der Waals surface area contributed by atoms with E-state index < -0.39 is 28.2 Å². The molecule has 0 unspecified atom stereocenters. The molecule has 1 amide bonds. The van der Waals surface area contributed by atoms with Crippen LogP contribution in [0, 0.1) is 0 Å². The summed E-state index contributed by atoms with van der Waals surface area (Å²) in [6, 6.07) is 21.7. The zero-order valence-corrected chi connectivity index (χ0v) is 24.7. The Balaban J connectivity index is 1.49. The van der Waals surface area contributed by atoms with Crippen molar-refractivity contribution in [1.82, 2.24) is 4.31 Å². The summed E-state index contributed by atoms with van der Waals surface area (Å²) < 4.78 is 49.4. The molecule has 0 aromatic heterocycles. The largest absolute Gasteiger partial charge is 0.497 e. The van der Waals surface area contributed by atoms with Gasteiger partial charge in [0.1, 0.15) is 5.75 Å². The van der Waals surface area contributed by atoms with E-state index in [1.165, 1.54) is 26.4 Å². The maximum absolute atomic E-state index is 13.2. The van der Waals surface area contributed by atoms with Crippen molar-refractivity contribution in [3.05, 3.63) is 102 Å². The van der Waals surface area contributed by atoms with Gasteiger partial charge in [-0.25, -0.2) is 13.2 Å². The highest BCUT2D eigenvalue weighted by molar-refractivity contribution is 7.89. The minimum absolute atomic E-state index is 0.0419. The maximum atomic E-state index is 13.2. The first-order valence-electron chi connectivity index (χ1n) is 13.5. The molecule has 11 nitrogen and oxygen atoms in total. The number of ether oxygens (including phenoxy) is 4. The average Bonchev–Trinajstić information content (AvgIpc) is 3.04. The number of carbonyl (C=O) groups excluding carboxylic acids is 2. The molecule has 43 heavy (non-hydrogen) atoms. The van der Waals surface area contributed by atoms with E-state index in [1.54, 1.807) is 66.7 Å². The second kappa shape index (κ2) is 14.8. The normalized spacial score (nSPS) is 16.6. The summed E-state index contributed by atoms with van der Waals surface area (Å²) in [5.41, 5.74) is 1.79. The number of benzene rings is 3. The van der Waals surface area contributed by atoms with E-state index in [-0.39, 0.29) is 42.9 Å². The van der Waals surface area contributed by atoms with Gasteiger partial charge in [-0.05, 0) is 60.2 Å². The Bertz CT molecular complexity index is 1510. The van der Waals surface area contributed by atoms with Crippen molar-refractivity contribution in [1.29, 1.82) is 0 Å². The first-order chi connectivity index (χ1) is 20.7. The number of aliphatic hydroxyl groups is 1. The number of para-hydroxylation sites is 1. The molecular formula is C31H34N2O9S. The number of rotatable bonds is 13. The number of amides is 1. The van der Waals surface area contributed by atoms with Crippen molar-refractivity contribution in [3.63, 3.8) is 0 Å². The Morgan fingerprint density at radius 2 is 1.67 bits per heavy atom. The number of anilines is 1. The topological polar surface area (TPSA) is 141 Å². The van der Waals surface area contributed by atoms with Crippen LogP contribution in [0.15, 0.2) is 95.6 Å². The summed E-state index contributed by atoms with van der Waals surface area (Å²) in [4.78, 5) is 25.1. The van der Waals surface area contributed by atoms with Crippen LogP contribution in [0.2, 0.25) is 0 Å². The van der Waals surface area contributed by atoms with Crippen molar-refractivity contribution in [2.75, 3.05) is 45.8 Å². The molecule has 1 aliphatic rings. The number of sulfonamides is 1. The van der Waals surface area contributed by atoms with Crippen LogP contribution in [0.1, 0.15) is 28.3 Å². The lowest BCUT2D eigenvalue weighted by molar-refractivity contribution is -0.143. The Hall–Kier alpha value is -4.23. The third-order valence-corrected chi connectivity index (χ3v) is 8.68. The lowest BCUT2D eigenvalue weighted by atomic mass is 9.92. The van der Waals surface area contributed by atoms with Gasteiger partial charge < -0.3 is 29.4 Å². The third kappa shape index (κ3) is 8.20. The molecule has 2 N–H and O–H groups in total. The van der Waals surface area contributed by atoms with Gasteiger partial charge in [-0.1, -0.05) is 30.3 Å². The second-order valence-corrected chi connectivity index (χ2v) is 11.5. The number of esters is 1. The Morgan fingerprint density at radius 1 is 0.977 bits per heavy atom. The predicted octanol–water partition coefficient (Wildman–Crippen LogP) is 3.53. The minimum Gasteiger partial charge on any atom is -0.497 e. The molecule has 3 aromatic rings. The monoisotopic (exact) mass is 610 g/mol. The van der Waals surface area contributed by atoms with Gasteiger partial charge in [0.2, 0.25) is 16.3 Å². The van der Waals surface area contributed by atoms with Gasteiger partial charge >= 0.3 is 5.97 Å². The third-order valence-electron chi connectivity index (χ3n) is 6.76. The first kappa shape index (κ1) is 31.7. The van der Waals surface area contributed by atoms with E-state index in [4.69, 9.17) is 18.9 Å². The molecule has 0 bridgehead atoms. The summed E-state index contributed by atoms with van der Waals surface area (Å²) >= 11 is 0. The Labute approximate surface area is 250 Å². The molecule has 1 heterocycles. The van der Waals surface area contributed by atoms with E-state index in [1.807, 2.05) is 6.07 Å². The SMILES string of the molecule is COC(=O)c1ccc([C@@H]2C=C(C(=O)Nc3ccccc3)O[C@H](OCCN(CCO)S(=O)(=O)c3ccc(OC)cc3)C2)cc1. The lowest BCUT2D eigenvalue weighted by Gasteiger charge is -2.30. The summed E-state index contributed by atoms with van der Waals surface area (Å²) in [6.07, 6.45) is 1.13. The van der Waals surface area contributed by atoms with E-state index in [9.17, 15) is 23.1 Å². The number of methoxy groups -OCH3 is 2. The highest BCUT2D eigenvalue weighted by atomic mass is 32.2. The molecule has 4 rings (SSSR count). The smallest absolute Gasteiger partial charge is 0.337 e. The number of nitrogens with zero attached hydrogens (tertiary/aromatic N) is 1. The molecule has 12 heteroatoms. The predicted molar refractivity (Wildman–Crippen MR) is 158 cm³/mol. The number of allylic oxidation sites excluding steroid dienone is 1. The minimum atomic E-state index is -3.93. The molecule has 1 aliphatic heterocycles. The molecule has 0 aliphatic carbocycles. The Morgan fingerprint density at radius 3 is 2.30 bits per heavy atom. The molecule has 2 atom stereocenters. The molecule has 0 saturated heterocycles. The molecular weight excluding hydrogens is 576 g/mol. The van der Waals surface area contributed by atoms with Gasteiger partial charge in [-0.3, -0.25) is 4.79 Å². The van der Waals surface area contributed by atoms with Crippen LogP contribution in [-0.4, -0.2) is 76.5 Å². The highest BCUT2D eigenvalue weighted by Crippen LogP contribution is 2.32. The van der Waals surface area contributed by atoms with Crippen LogP contribution >= 0.6 is 0 Å². The standard InChI is InChI=1S/C31H34N2O9S/c1-39-26-12-14-27(15-13-26)43(37,38)33(16-18-34)17-19-41-29-21-24(22-8-10-23(11-9-22)31(36)40-2)20-28(42-29)30(35)32-25-6-4-3-5-7-25/h3-15,20,24,29,34H,16-19,21H2,1-2H3,(H,32,35)/t24-,29+/m1/s1. The fraction of sp³-hybridized carbons (Fsp3) is 0.290. The molecule has 0 saturated carbocycles. The number of hydrogen-bond donors (Lipinski definition) is 2. The van der Waals surface area contributed by atoms with E-state index in [0.717, 1.165) is 9.87 Å². The highest BCUT2D eigenvalue weighted by Gasteiger charge is 2.30. The molecule has 3 aromatic carbocycles.